The Bertz CT molecular complexity index is 808. The van der Waals surface area contributed by atoms with Crippen LogP contribution in [0.5, 0.6) is 0 Å². The molecular formula is C20H20N2O. The van der Waals surface area contributed by atoms with Crippen LogP contribution >= 0.6 is 0 Å². The van der Waals surface area contributed by atoms with E-state index < -0.39 is 0 Å². The van der Waals surface area contributed by atoms with Crippen molar-refractivity contribution in [2.24, 2.45) is 5.41 Å². The summed E-state index contributed by atoms with van der Waals surface area (Å²) in [5.74, 6) is 6.16. The Balaban J connectivity index is 1.92. The Hall–Kier alpha value is -2.60. The maximum Gasteiger partial charge on any atom is 0.253 e. The average Bonchev–Trinajstić information content (AvgIpc) is 2.63. The lowest BCUT2D eigenvalue weighted by molar-refractivity contribution is 0.0944. The van der Waals surface area contributed by atoms with Crippen LogP contribution in [0.2, 0.25) is 0 Å². The molecule has 1 aliphatic heterocycles. The highest BCUT2D eigenvalue weighted by atomic mass is 16.1. The molecule has 0 spiro atoms. The molecule has 1 N–H and O–H groups in total. The van der Waals surface area contributed by atoms with Gasteiger partial charge in [-0.2, -0.15) is 0 Å². The Morgan fingerprint density at radius 3 is 2.57 bits per heavy atom. The van der Waals surface area contributed by atoms with Crippen molar-refractivity contribution in [1.29, 1.82) is 0 Å². The van der Waals surface area contributed by atoms with Crippen molar-refractivity contribution >= 4 is 5.91 Å². The van der Waals surface area contributed by atoms with Crippen LogP contribution in [0.4, 0.5) is 0 Å². The highest BCUT2D eigenvalue weighted by Crippen LogP contribution is 2.25. The minimum atomic E-state index is -0.0583. The van der Waals surface area contributed by atoms with E-state index in [2.05, 4.69) is 36.0 Å². The molecular weight excluding hydrogens is 284 g/mol. The summed E-state index contributed by atoms with van der Waals surface area (Å²) < 4.78 is 0. The third-order valence-corrected chi connectivity index (χ3v) is 3.99. The molecule has 1 aromatic heterocycles. The lowest BCUT2D eigenvalue weighted by atomic mass is 9.87. The number of nitrogens with one attached hydrogen (secondary N) is 1. The average molecular weight is 304 g/mol. The van der Waals surface area contributed by atoms with Gasteiger partial charge in [0.1, 0.15) is 0 Å². The summed E-state index contributed by atoms with van der Waals surface area (Å²) in [5.41, 5.74) is 4.44. The number of amides is 1. The SMILES string of the molecule is Cc1ccc(C#Cc2cnc3c(c2)C(=O)NCC(C)(C)C3)cc1. The van der Waals surface area contributed by atoms with E-state index in [9.17, 15) is 4.79 Å². The van der Waals surface area contributed by atoms with Crippen LogP contribution < -0.4 is 5.32 Å². The predicted octanol–water partition coefficient (Wildman–Crippen LogP) is 3.10. The van der Waals surface area contributed by atoms with Crippen molar-refractivity contribution in [1.82, 2.24) is 10.3 Å². The number of carbonyl (C=O) groups excluding carboxylic acids is 1. The van der Waals surface area contributed by atoms with Crippen LogP contribution in [0, 0.1) is 24.2 Å². The van der Waals surface area contributed by atoms with Gasteiger partial charge >= 0.3 is 0 Å². The molecule has 0 unspecified atom stereocenters. The fraction of sp³-hybridized carbons (Fsp3) is 0.300. The quantitative estimate of drug-likeness (QED) is 0.760. The first-order valence-corrected chi connectivity index (χ1v) is 7.79. The molecule has 0 radical (unpaired) electrons. The van der Waals surface area contributed by atoms with E-state index in [0.29, 0.717) is 12.1 Å². The minimum Gasteiger partial charge on any atom is -0.351 e. The first kappa shape index (κ1) is 15.3. The van der Waals surface area contributed by atoms with Gasteiger partial charge in [-0.05, 0) is 37.0 Å². The molecule has 0 fully saturated rings. The molecule has 1 amide bonds. The molecule has 3 heteroatoms. The summed E-state index contributed by atoms with van der Waals surface area (Å²) in [5, 5.41) is 2.97. The van der Waals surface area contributed by atoms with Gasteiger partial charge in [-0.3, -0.25) is 9.78 Å². The maximum atomic E-state index is 12.3. The molecule has 1 aliphatic rings. The van der Waals surface area contributed by atoms with E-state index in [4.69, 9.17) is 0 Å². The second-order valence-corrected chi connectivity index (χ2v) is 6.86. The monoisotopic (exact) mass is 304 g/mol. The molecule has 2 aromatic rings. The molecule has 0 aliphatic carbocycles. The number of hydrogen-bond acceptors (Lipinski definition) is 2. The zero-order valence-electron chi connectivity index (χ0n) is 13.7. The lowest BCUT2D eigenvalue weighted by Crippen LogP contribution is -2.31. The zero-order chi connectivity index (χ0) is 16.4. The molecule has 2 heterocycles. The van der Waals surface area contributed by atoms with Crippen LogP contribution in [0.3, 0.4) is 0 Å². The number of benzene rings is 1. The summed E-state index contributed by atoms with van der Waals surface area (Å²) in [6, 6.07) is 9.91. The molecule has 1 aromatic carbocycles. The van der Waals surface area contributed by atoms with Gasteiger partial charge in [-0.1, -0.05) is 43.4 Å². The summed E-state index contributed by atoms with van der Waals surface area (Å²) in [6.45, 7) is 6.98. The topological polar surface area (TPSA) is 42.0 Å². The van der Waals surface area contributed by atoms with Crippen molar-refractivity contribution in [2.75, 3.05) is 6.54 Å². The summed E-state index contributed by atoms with van der Waals surface area (Å²) >= 11 is 0. The van der Waals surface area contributed by atoms with Crippen molar-refractivity contribution in [3.8, 4) is 11.8 Å². The molecule has 3 rings (SSSR count). The van der Waals surface area contributed by atoms with E-state index in [-0.39, 0.29) is 11.3 Å². The molecule has 0 atom stereocenters. The number of aromatic nitrogens is 1. The normalized spacial score (nSPS) is 15.7. The van der Waals surface area contributed by atoms with Crippen molar-refractivity contribution in [2.45, 2.75) is 27.2 Å². The van der Waals surface area contributed by atoms with Gasteiger partial charge in [0, 0.05) is 23.9 Å². The minimum absolute atomic E-state index is 0.0169. The van der Waals surface area contributed by atoms with Gasteiger partial charge in [-0.25, -0.2) is 0 Å². The van der Waals surface area contributed by atoms with Crippen molar-refractivity contribution < 1.29 is 4.79 Å². The largest absolute Gasteiger partial charge is 0.351 e. The van der Waals surface area contributed by atoms with Gasteiger partial charge in [0.2, 0.25) is 0 Å². The first-order chi connectivity index (χ1) is 10.9. The Morgan fingerprint density at radius 1 is 1.13 bits per heavy atom. The number of fused-ring (bicyclic) bond motifs is 1. The summed E-state index contributed by atoms with van der Waals surface area (Å²) in [4.78, 5) is 16.7. The zero-order valence-corrected chi connectivity index (χ0v) is 13.7. The van der Waals surface area contributed by atoms with E-state index in [0.717, 1.165) is 23.2 Å². The van der Waals surface area contributed by atoms with Crippen molar-refractivity contribution in [3.05, 3.63) is 64.5 Å². The number of aryl methyl sites for hydroxylation is 1. The fourth-order valence-electron chi connectivity index (χ4n) is 2.61. The smallest absolute Gasteiger partial charge is 0.253 e. The van der Waals surface area contributed by atoms with E-state index in [1.807, 2.05) is 37.3 Å². The van der Waals surface area contributed by atoms with Gasteiger partial charge in [0.05, 0.1) is 11.3 Å². The van der Waals surface area contributed by atoms with Gasteiger partial charge in [0.25, 0.3) is 5.91 Å². The lowest BCUT2D eigenvalue weighted by Gasteiger charge is -2.21. The number of nitrogens with zero attached hydrogens (tertiary/aromatic N) is 1. The van der Waals surface area contributed by atoms with Gasteiger partial charge < -0.3 is 5.32 Å². The van der Waals surface area contributed by atoms with Crippen LogP contribution in [-0.4, -0.2) is 17.4 Å². The van der Waals surface area contributed by atoms with Crippen LogP contribution in [0.25, 0.3) is 0 Å². The summed E-state index contributed by atoms with van der Waals surface area (Å²) in [6.07, 6.45) is 2.54. The predicted molar refractivity (Wildman–Crippen MR) is 91.2 cm³/mol. The molecule has 3 nitrogen and oxygen atoms in total. The van der Waals surface area contributed by atoms with E-state index in [1.54, 1.807) is 6.20 Å². The highest BCUT2D eigenvalue weighted by molar-refractivity contribution is 5.96. The number of hydrogen-bond donors (Lipinski definition) is 1. The highest BCUT2D eigenvalue weighted by Gasteiger charge is 2.27. The Kier molecular flexibility index (Phi) is 3.92. The second-order valence-electron chi connectivity index (χ2n) is 6.86. The van der Waals surface area contributed by atoms with E-state index >= 15 is 0 Å². The third-order valence-electron chi connectivity index (χ3n) is 3.99. The molecule has 0 saturated carbocycles. The Labute approximate surface area is 137 Å². The van der Waals surface area contributed by atoms with Gasteiger partial charge in [0.15, 0.2) is 0 Å². The van der Waals surface area contributed by atoms with Crippen LogP contribution in [-0.2, 0) is 6.42 Å². The molecule has 116 valence electrons. The number of pyridine rings is 1. The number of carbonyl (C=O) groups is 1. The van der Waals surface area contributed by atoms with E-state index in [1.165, 1.54) is 5.56 Å². The molecule has 0 bridgehead atoms. The second kappa shape index (κ2) is 5.89. The van der Waals surface area contributed by atoms with Gasteiger partial charge in [-0.15, -0.1) is 0 Å². The maximum absolute atomic E-state index is 12.3. The van der Waals surface area contributed by atoms with Crippen LogP contribution in [0.1, 0.15) is 46.6 Å². The molecule has 0 saturated heterocycles. The Morgan fingerprint density at radius 2 is 1.83 bits per heavy atom. The fourth-order valence-corrected chi connectivity index (χ4v) is 2.61. The van der Waals surface area contributed by atoms with Crippen LogP contribution in [0.15, 0.2) is 36.5 Å². The number of rotatable bonds is 0. The van der Waals surface area contributed by atoms with Crippen molar-refractivity contribution in [3.63, 3.8) is 0 Å². The molecule has 23 heavy (non-hydrogen) atoms. The summed E-state index contributed by atoms with van der Waals surface area (Å²) in [7, 11) is 0. The third kappa shape index (κ3) is 3.60. The first-order valence-electron chi connectivity index (χ1n) is 7.79. The standard InChI is InChI=1S/C20H20N2O/c1-14-4-6-15(7-5-14)8-9-16-10-17-18(21-12-16)11-20(2,3)13-22-19(17)23/h4-7,10,12H,11,13H2,1-3H3,(H,22,23).